The highest BCUT2D eigenvalue weighted by atomic mass is 35.5. The second-order valence-electron chi connectivity index (χ2n) is 4.40. The second-order valence-corrected chi connectivity index (χ2v) is 6.38. The fourth-order valence-electron chi connectivity index (χ4n) is 1.15. The molecule has 0 N–H and O–H groups in total. The predicted octanol–water partition coefficient (Wildman–Crippen LogP) is 4.18. The Morgan fingerprint density at radius 1 is 1.25 bits per heavy atom. The SMILES string of the molecule is CC[N+](C)(C)CCSc1ccc(Cl)cc1Cl. The second kappa shape index (κ2) is 6.15. The number of quaternary nitrogens is 1. The Bertz CT molecular complexity index is 353. The normalized spacial score (nSPS) is 11.8. The Morgan fingerprint density at radius 3 is 2.50 bits per heavy atom. The van der Waals surface area contributed by atoms with E-state index in [4.69, 9.17) is 23.2 Å². The smallest absolute Gasteiger partial charge is 0.0877 e. The molecule has 0 bridgehead atoms. The summed E-state index contributed by atoms with van der Waals surface area (Å²) in [5.41, 5.74) is 0. The first-order chi connectivity index (χ1) is 7.44. The molecule has 0 aliphatic rings. The first-order valence-electron chi connectivity index (χ1n) is 5.34. The van der Waals surface area contributed by atoms with Crippen LogP contribution in [0.4, 0.5) is 0 Å². The van der Waals surface area contributed by atoms with Crippen molar-refractivity contribution in [3.63, 3.8) is 0 Å². The fourth-order valence-corrected chi connectivity index (χ4v) is 2.89. The van der Waals surface area contributed by atoms with Gasteiger partial charge in [-0.2, -0.15) is 0 Å². The van der Waals surface area contributed by atoms with Gasteiger partial charge >= 0.3 is 0 Å². The van der Waals surface area contributed by atoms with Crippen LogP contribution in [0.2, 0.25) is 10.0 Å². The Kier molecular flexibility index (Phi) is 5.45. The van der Waals surface area contributed by atoms with Crippen molar-refractivity contribution in [3.05, 3.63) is 28.2 Å². The molecule has 0 radical (unpaired) electrons. The van der Waals surface area contributed by atoms with E-state index in [9.17, 15) is 0 Å². The molecule has 0 aliphatic heterocycles. The summed E-state index contributed by atoms with van der Waals surface area (Å²) in [6, 6.07) is 5.67. The zero-order valence-corrected chi connectivity index (χ0v) is 12.3. The van der Waals surface area contributed by atoms with Crippen LogP contribution in [-0.2, 0) is 0 Å². The van der Waals surface area contributed by atoms with E-state index < -0.39 is 0 Å². The van der Waals surface area contributed by atoms with Gasteiger partial charge in [-0.25, -0.2) is 0 Å². The Morgan fingerprint density at radius 2 is 1.94 bits per heavy atom. The lowest BCUT2D eigenvalue weighted by Gasteiger charge is -2.27. The zero-order valence-electron chi connectivity index (χ0n) is 9.96. The molecule has 1 aromatic carbocycles. The van der Waals surface area contributed by atoms with Crippen LogP contribution in [0.3, 0.4) is 0 Å². The first-order valence-corrected chi connectivity index (χ1v) is 7.08. The lowest BCUT2D eigenvalue weighted by atomic mass is 10.4. The minimum absolute atomic E-state index is 0.694. The van der Waals surface area contributed by atoms with Crippen LogP contribution in [0.1, 0.15) is 6.92 Å². The van der Waals surface area contributed by atoms with Crippen LogP contribution < -0.4 is 0 Å². The third-order valence-corrected chi connectivity index (χ3v) is 4.42. The minimum atomic E-state index is 0.694. The molecule has 0 spiro atoms. The molecule has 0 amide bonds. The van der Waals surface area contributed by atoms with Crippen molar-refractivity contribution in [1.82, 2.24) is 0 Å². The van der Waals surface area contributed by atoms with Crippen molar-refractivity contribution >= 4 is 35.0 Å². The van der Waals surface area contributed by atoms with Gasteiger partial charge in [0.1, 0.15) is 0 Å². The van der Waals surface area contributed by atoms with Crippen molar-refractivity contribution < 1.29 is 4.48 Å². The van der Waals surface area contributed by atoms with E-state index in [1.165, 1.54) is 0 Å². The molecule has 0 saturated carbocycles. The topological polar surface area (TPSA) is 0 Å². The van der Waals surface area contributed by atoms with Gasteiger partial charge in [0.2, 0.25) is 0 Å². The first kappa shape index (κ1) is 14.2. The largest absolute Gasteiger partial charge is 0.328 e. The van der Waals surface area contributed by atoms with Gasteiger partial charge in [0.25, 0.3) is 0 Å². The quantitative estimate of drug-likeness (QED) is 0.575. The van der Waals surface area contributed by atoms with E-state index in [1.807, 2.05) is 12.1 Å². The third kappa shape index (κ3) is 4.54. The van der Waals surface area contributed by atoms with E-state index in [0.717, 1.165) is 33.2 Å². The molecule has 0 saturated heterocycles. The van der Waals surface area contributed by atoms with Gasteiger partial charge in [-0.3, -0.25) is 0 Å². The lowest BCUT2D eigenvalue weighted by molar-refractivity contribution is -0.885. The van der Waals surface area contributed by atoms with E-state index in [1.54, 1.807) is 17.8 Å². The van der Waals surface area contributed by atoms with Gasteiger partial charge in [0, 0.05) is 15.7 Å². The summed E-state index contributed by atoms with van der Waals surface area (Å²) in [5.74, 6) is 1.07. The lowest BCUT2D eigenvalue weighted by Crippen LogP contribution is -2.40. The molecule has 1 rings (SSSR count). The Hall–Kier alpha value is 0.110. The summed E-state index contributed by atoms with van der Waals surface area (Å²) in [5, 5.41) is 1.44. The molecular formula is C12H18Cl2NS+. The van der Waals surface area contributed by atoms with E-state index in [2.05, 4.69) is 21.0 Å². The van der Waals surface area contributed by atoms with Gasteiger partial charge in [-0.15, -0.1) is 11.8 Å². The van der Waals surface area contributed by atoms with Crippen LogP contribution in [0.15, 0.2) is 23.1 Å². The van der Waals surface area contributed by atoms with Crippen molar-refractivity contribution in [2.24, 2.45) is 0 Å². The molecular weight excluding hydrogens is 261 g/mol. The van der Waals surface area contributed by atoms with E-state index in [-0.39, 0.29) is 0 Å². The van der Waals surface area contributed by atoms with Crippen LogP contribution in [-0.4, -0.2) is 37.4 Å². The number of nitrogens with zero attached hydrogens (tertiary/aromatic N) is 1. The highest BCUT2D eigenvalue weighted by molar-refractivity contribution is 7.99. The molecule has 90 valence electrons. The van der Waals surface area contributed by atoms with Gasteiger partial charge in [-0.05, 0) is 25.1 Å². The maximum Gasteiger partial charge on any atom is 0.0877 e. The van der Waals surface area contributed by atoms with Gasteiger partial charge in [-0.1, -0.05) is 23.2 Å². The maximum atomic E-state index is 6.10. The Labute approximate surface area is 112 Å². The number of benzene rings is 1. The minimum Gasteiger partial charge on any atom is -0.328 e. The molecule has 0 aromatic heterocycles. The van der Waals surface area contributed by atoms with E-state index in [0.29, 0.717) is 5.02 Å². The molecule has 0 fully saturated rings. The molecule has 0 aliphatic carbocycles. The summed E-state index contributed by atoms with van der Waals surface area (Å²) >= 11 is 13.7. The zero-order chi connectivity index (χ0) is 12.2. The molecule has 0 atom stereocenters. The van der Waals surface area contributed by atoms with Gasteiger partial charge in [0.05, 0.1) is 32.2 Å². The monoisotopic (exact) mass is 278 g/mol. The van der Waals surface area contributed by atoms with Crippen LogP contribution in [0.25, 0.3) is 0 Å². The average Bonchev–Trinajstić information content (AvgIpc) is 2.21. The van der Waals surface area contributed by atoms with Gasteiger partial charge < -0.3 is 4.48 Å². The van der Waals surface area contributed by atoms with Crippen LogP contribution in [0.5, 0.6) is 0 Å². The standard InChI is InChI=1S/C12H18Cl2NS/c1-4-15(2,3)7-8-16-12-6-5-10(13)9-11(12)14/h5-6,9H,4,7-8H2,1-3H3/q+1. The van der Waals surface area contributed by atoms with Crippen molar-refractivity contribution in [2.45, 2.75) is 11.8 Å². The highest BCUT2D eigenvalue weighted by Gasteiger charge is 2.11. The number of thioether (sulfide) groups is 1. The molecule has 0 heterocycles. The van der Waals surface area contributed by atoms with Gasteiger partial charge in [0.15, 0.2) is 0 Å². The average molecular weight is 279 g/mol. The molecule has 0 unspecified atom stereocenters. The fraction of sp³-hybridized carbons (Fsp3) is 0.500. The van der Waals surface area contributed by atoms with Crippen LogP contribution >= 0.6 is 35.0 Å². The van der Waals surface area contributed by atoms with E-state index >= 15 is 0 Å². The number of hydrogen-bond donors (Lipinski definition) is 0. The molecule has 1 aromatic rings. The van der Waals surface area contributed by atoms with Crippen molar-refractivity contribution in [2.75, 3.05) is 32.9 Å². The molecule has 4 heteroatoms. The summed E-state index contributed by atoms with van der Waals surface area (Å²) in [4.78, 5) is 1.11. The Balaban J connectivity index is 2.49. The molecule has 16 heavy (non-hydrogen) atoms. The molecule has 1 nitrogen and oxygen atoms in total. The number of rotatable bonds is 5. The van der Waals surface area contributed by atoms with Crippen molar-refractivity contribution in [1.29, 1.82) is 0 Å². The summed E-state index contributed by atoms with van der Waals surface area (Å²) in [7, 11) is 4.48. The summed E-state index contributed by atoms with van der Waals surface area (Å²) in [6.45, 7) is 4.50. The number of halogens is 2. The highest BCUT2D eigenvalue weighted by Crippen LogP contribution is 2.29. The summed E-state index contributed by atoms with van der Waals surface area (Å²) < 4.78 is 1.04. The third-order valence-electron chi connectivity index (χ3n) is 2.70. The van der Waals surface area contributed by atoms with Crippen molar-refractivity contribution in [3.8, 4) is 0 Å². The number of hydrogen-bond acceptors (Lipinski definition) is 1. The van der Waals surface area contributed by atoms with Crippen LogP contribution in [0, 0.1) is 0 Å². The summed E-state index contributed by atoms with van der Waals surface area (Å²) in [6.07, 6.45) is 0. The predicted molar refractivity (Wildman–Crippen MR) is 74.7 cm³/mol. The maximum absolute atomic E-state index is 6.10.